The summed E-state index contributed by atoms with van der Waals surface area (Å²) in [5.41, 5.74) is 17.0. The highest BCUT2D eigenvalue weighted by Crippen LogP contribution is 2.21. The zero-order chi connectivity index (χ0) is 26.8. The van der Waals surface area contributed by atoms with E-state index in [1.165, 1.54) is 29.2 Å². The van der Waals surface area contributed by atoms with Crippen LogP contribution in [0.1, 0.15) is 46.0 Å². The number of hydrogen-bond acceptors (Lipinski definition) is 7. The summed E-state index contributed by atoms with van der Waals surface area (Å²) in [4.78, 5) is 54.8. The lowest BCUT2D eigenvalue weighted by atomic mass is 9.98. The number of carbonyl (C=O) groups excluding carboxylic acids is 3. The van der Waals surface area contributed by atoms with Crippen LogP contribution in [-0.4, -0.2) is 64.7 Å². The topological polar surface area (TPSA) is 212 Å². The van der Waals surface area contributed by atoms with E-state index < -0.39 is 34.9 Å². The molecule has 36 heavy (non-hydrogen) atoms. The quantitative estimate of drug-likeness (QED) is 0.0883. The number of nitrogens with two attached hydrogens (primary N) is 3. The van der Waals surface area contributed by atoms with Crippen LogP contribution in [0.3, 0.4) is 0 Å². The minimum atomic E-state index is -0.942. The normalized spacial score (nSPS) is 17.5. The number of nitro benzene ring substituents is 1. The van der Waals surface area contributed by atoms with E-state index in [0.717, 1.165) is 6.42 Å². The van der Waals surface area contributed by atoms with Crippen molar-refractivity contribution in [1.29, 1.82) is 0 Å². The summed E-state index contributed by atoms with van der Waals surface area (Å²) in [6.07, 6.45) is 2.49. The first-order chi connectivity index (χ1) is 17.0. The summed E-state index contributed by atoms with van der Waals surface area (Å²) >= 11 is 0. The van der Waals surface area contributed by atoms with Gasteiger partial charge >= 0.3 is 0 Å². The first-order valence-corrected chi connectivity index (χ1v) is 12.0. The average molecular weight is 505 g/mol. The lowest BCUT2D eigenvalue weighted by molar-refractivity contribution is -0.384. The molecule has 0 bridgehead atoms. The van der Waals surface area contributed by atoms with E-state index in [9.17, 15) is 24.5 Å². The Kier molecular flexibility index (Phi) is 10.6. The van der Waals surface area contributed by atoms with E-state index >= 15 is 0 Å². The van der Waals surface area contributed by atoms with Gasteiger partial charge in [0.05, 0.1) is 11.0 Å². The van der Waals surface area contributed by atoms with Gasteiger partial charge in [-0.1, -0.05) is 20.3 Å². The Morgan fingerprint density at radius 1 is 1.25 bits per heavy atom. The second-order valence-corrected chi connectivity index (χ2v) is 8.90. The Morgan fingerprint density at radius 3 is 2.50 bits per heavy atom. The van der Waals surface area contributed by atoms with E-state index in [2.05, 4.69) is 15.6 Å². The van der Waals surface area contributed by atoms with E-state index in [-0.39, 0.29) is 36.4 Å². The third-order valence-electron chi connectivity index (χ3n) is 6.30. The number of hydrogen-bond donors (Lipinski definition) is 5. The number of anilines is 1. The maximum Gasteiger partial charge on any atom is 0.269 e. The molecule has 1 fully saturated rings. The lowest BCUT2D eigenvalue weighted by Gasteiger charge is -2.30. The fourth-order valence-electron chi connectivity index (χ4n) is 3.93. The Bertz CT molecular complexity index is 964. The Labute approximate surface area is 210 Å². The van der Waals surface area contributed by atoms with Gasteiger partial charge in [0.2, 0.25) is 17.7 Å². The summed E-state index contributed by atoms with van der Waals surface area (Å²) in [6, 6.07) is 2.98. The molecule has 0 aliphatic carbocycles. The number of likely N-dealkylation sites (tertiary alicyclic amines) is 1. The molecular formula is C23H36N8O5. The van der Waals surface area contributed by atoms with Crippen LogP contribution in [0.15, 0.2) is 29.3 Å². The molecule has 8 N–H and O–H groups in total. The highest BCUT2D eigenvalue weighted by Gasteiger charge is 2.38. The Hall–Kier alpha value is -3.74. The van der Waals surface area contributed by atoms with Gasteiger partial charge < -0.3 is 32.7 Å². The van der Waals surface area contributed by atoms with Gasteiger partial charge in [0.15, 0.2) is 5.96 Å². The van der Waals surface area contributed by atoms with E-state index in [1.54, 1.807) is 0 Å². The third kappa shape index (κ3) is 7.90. The van der Waals surface area contributed by atoms with Gasteiger partial charge in [-0.2, -0.15) is 0 Å². The third-order valence-corrected chi connectivity index (χ3v) is 6.30. The van der Waals surface area contributed by atoms with Gasteiger partial charge in [0, 0.05) is 30.9 Å². The largest absolute Gasteiger partial charge is 0.370 e. The van der Waals surface area contributed by atoms with Crippen molar-refractivity contribution in [3.05, 3.63) is 34.4 Å². The highest BCUT2D eigenvalue weighted by molar-refractivity contribution is 5.98. The monoisotopic (exact) mass is 504 g/mol. The van der Waals surface area contributed by atoms with Crippen LogP contribution < -0.4 is 27.8 Å². The summed E-state index contributed by atoms with van der Waals surface area (Å²) in [7, 11) is 0. The van der Waals surface area contributed by atoms with E-state index in [1.807, 2.05) is 13.8 Å². The molecule has 13 heteroatoms. The number of benzene rings is 1. The zero-order valence-corrected chi connectivity index (χ0v) is 20.7. The maximum absolute atomic E-state index is 13.2. The first kappa shape index (κ1) is 28.5. The molecule has 198 valence electrons. The molecule has 0 spiro atoms. The van der Waals surface area contributed by atoms with Crippen molar-refractivity contribution in [3.8, 4) is 0 Å². The van der Waals surface area contributed by atoms with Gasteiger partial charge in [0.1, 0.15) is 12.1 Å². The highest BCUT2D eigenvalue weighted by atomic mass is 16.6. The minimum absolute atomic E-state index is 0.0300. The van der Waals surface area contributed by atoms with Crippen LogP contribution in [0.2, 0.25) is 0 Å². The number of nitrogens with one attached hydrogen (secondary N) is 2. The zero-order valence-electron chi connectivity index (χ0n) is 20.7. The van der Waals surface area contributed by atoms with Gasteiger partial charge in [-0.3, -0.25) is 29.5 Å². The Balaban J connectivity index is 2.12. The van der Waals surface area contributed by atoms with Gasteiger partial charge in [-0.05, 0) is 43.7 Å². The lowest BCUT2D eigenvalue weighted by Crippen LogP contribution is -2.55. The van der Waals surface area contributed by atoms with E-state index in [0.29, 0.717) is 31.5 Å². The molecule has 1 aromatic carbocycles. The molecule has 1 saturated heterocycles. The minimum Gasteiger partial charge on any atom is -0.370 e. The number of nitro groups is 1. The molecule has 4 atom stereocenters. The molecule has 1 aliphatic rings. The molecule has 0 aromatic heterocycles. The summed E-state index contributed by atoms with van der Waals surface area (Å²) in [5, 5.41) is 16.3. The van der Waals surface area contributed by atoms with Gasteiger partial charge in [-0.15, -0.1) is 0 Å². The number of guanidine groups is 1. The summed E-state index contributed by atoms with van der Waals surface area (Å²) < 4.78 is 0. The van der Waals surface area contributed by atoms with E-state index in [4.69, 9.17) is 17.2 Å². The molecule has 3 amide bonds. The molecule has 1 aliphatic heterocycles. The van der Waals surface area contributed by atoms with Crippen molar-refractivity contribution in [2.24, 2.45) is 28.1 Å². The van der Waals surface area contributed by atoms with Gasteiger partial charge in [-0.25, -0.2) is 0 Å². The van der Waals surface area contributed by atoms with Crippen molar-refractivity contribution >= 4 is 35.1 Å². The van der Waals surface area contributed by atoms with Crippen LogP contribution in [0, 0.1) is 16.0 Å². The van der Waals surface area contributed by atoms with Crippen LogP contribution in [0.5, 0.6) is 0 Å². The smallest absolute Gasteiger partial charge is 0.269 e. The summed E-state index contributed by atoms with van der Waals surface area (Å²) in [5.74, 6) is -1.33. The molecular weight excluding hydrogens is 468 g/mol. The summed E-state index contributed by atoms with van der Waals surface area (Å²) in [6.45, 7) is 4.52. The molecule has 2 rings (SSSR count). The number of rotatable bonds is 12. The van der Waals surface area contributed by atoms with Crippen molar-refractivity contribution in [2.75, 3.05) is 18.4 Å². The second-order valence-electron chi connectivity index (χ2n) is 8.90. The van der Waals surface area contributed by atoms with Crippen LogP contribution in [0.25, 0.3) is 0 Å². The number of amides is 3. The van der Waals surface area contributed by atoms with Crippen molar-refractivity contribution < 1.29 is 19.3 Å². The van der Waals surface area contributed by atoms with Crippen molar-refractivity contribution in [3.63, 3.8) is 0 Å². The first-order valence-electron chi connectivity index (χ1n) is 12.0. The van der Waals surface area contributed by atoms with Crippen molar-refractivity contribution in [1.82, 2.24) is 10.2 Å². The predicted molar refractivity (Wildman–Crippen MR) is 136 cm³/mol. The molecule has 0 radical (unpaired) electrons. The second kappa shape index (κ2) is 13.4. The molecule has 1 aromatic rings. The van der Waals surface area contributed by atoms with Gasteiger partial charge in [0.25, 0.3) is 5.69 Å². The standard InChI is InChI=1S/C23H36N8O5/c1-3-14(2)19(24)22(34)30-13-5-7-18(30)21(33)29-17(6-4-12-27-23(25)26)20(32)28-15-8-10-16(11-9-15)31(35)36/h8-11,14,17-19H,3-7,12-13,24H2,1-2H3,(H,28,32)(H,29,33)(H4,25,26,27)/t14-,17-,18-,19+/m0/s1. The van der Waals surface area contributed by atoms with Crippen molar-refractivity contribution in [2.45, 2.75) is 64.1 Å². The molecule has 1 heterocycles. The average Bonchev–Trinajstić information content (AvgIpc) is 3.34. The number of aliphatic imine (C=N–C) groups is 1. The fraction of sp³-hybridized carbons (Fsp3) is 0.565. The number of non-ortho nitro benzene ring substituents is 1. The fourth-order valence-corrected chi connectivity index (χ4v) is 3.93. The number of carbonyl (C=O) groups is 3. The molecule has 0 unspecified atom stereocenters. The Morgan fingerprint density at radius 2 is 1.92 bits per heavy atom. The molecule has 13 nitrogen and oxygen atoms in total. The van der Waals surface area contributed by atoms with Crippen LogP contribution in [-0.2, 0) is 14.4 Å². The SMILES string of the molecule is CC[C@H](C)[C@@H](N)C(=O)N1CCC[C@H]1C(=O)N[C@@H](CCCN=C(N)N)C(=O)Nc1ccc([N+](=O)[O-])cc1. The molecule has 0 saturated carbocycles. The number of nitrogens with zero attached hydrogens (tertiary/aromatic N) is 3. The predicted octanol–water partition coefficient (Wildman–Crippen LogP) is 0.436. The van der Waals surface area contributed by atoms with Crippen LogP contribution >= 0.6 is 0 Å². The van der Waals surface area contributed by atoms with Crippen LogP contribution in [0.4, 0.5) is 11.4 Å². The maximum atomic E-state index is 13.2.